The van der Waals surface area contributed by atoms with E-state index in [1.165, 1.54) is 25.2 Å². The highest BCUT2D eigenvalue weighted by Gasteiger charge is 2.28. The normalized spacial score (nSPS) is 11.0. The summed E-state index contributed by atoms with van der Waals surface area (Å²) in [6, 6.07) is 14.2. The van der Waals surface area contributed by atoms with Crippen LogP contribution in [0.4, 0.5) is 11.4 Å². The third kappa shape index (κ3) is 5.52. The molecule has 0 bridgehead atoms. The summed E-state index contributed by atoms with van der Waals surface area (Å²) in [5, 5.41) is 4.23. The molecule has 33 heavy (non-hydrogen) atoms. The number of benzene rings is 2. The Morgan fingerprint density at radius 2 is 1.64 bits per heavy atom. The van der Waals surface area contributed by atoms with E-state index in [1.54, 1.807) is 48.7 Å². The molecule has 1 N–H and O–H groups in total. The molecular weight excluding hydrogens is 464 g/mol. The molecule has 1 aromatic heterocycles. The second-order valence-electron chi connectivity index (χ2n) is 6.77. The molecule has 0 aliphatic carbocycles. The molecule has 0 atom stereocenters. The van der Waals surface area contributed by atoms with E-state index >= 15 is 0 Å². The molecule has 0 fully saturated rings. The van der Waals surface area contributed by atoms with E-state index < -0.39 is 21.9 Å². The number of thiophene rings is 1. The van der Waals surface area contributed by atoms with Crippen molar-refractivity contribution in [1.29, 1.82) is 0 Å². The van der Waals surface area contributed by atoms with E-state index in [-0.39, 0.29) is 16.4 Å². The molecule has 10 heteroatoms. The smallest absolute Gasteiger partial charge is 0.338 e. The van der Waals surface area contributed by atoms with Crippen LogP contribution in [-0.2, 0) is 14.8 Å². The van der Waals surface area contributed by atoms with Gasteiger partial charge in [-0.2, -0.15) is 0 Å². The van der Waals surface area contributed by atoms with E-state index in [0.717, 1.165) is 15.6 Å². The highest BCUT2D eigenvalue weighted by molar-refractivity contribution is 7.93. The number of nitrogens with one attached hydrogen (secondary N) is 1. The average molecular weight is 489 g/mol. The SMILES string of the molecule is CCOC(=O)c1ccc(NC(=O)c2sccc2S(=O)(=O)N(C)c2ccc(OCC)cc2)cc1. The highest BCUT2D eigenvalue weighted by Crippen LogP contribution is 2.29. The molecule has 0 unspecified atom stereocenters. The number of amides is 1. The summed E-state index contributed by atoms with van der Waals surface area (Å²) < 4.78 is 37.9. The van der Waals surface area contributed by atoms with Crippen molar-refractivity contribution >= 4 is 44.6 Å². The lowest BCUT2D eigenvalue weighted by molar-refractivity contribution is 0.0526. The molecule has 0 saturated heterocycles. The van der Waals surface area contributed by atoms with Gasteiger partial charge in [-0.15, -0.1) is 11.3 Å². The number of rotatable bonds is 9. The fourth-order valence-electron chi connectivity index (χ4n) is 2.96. The zero-order chi connectivity index (χ0) is 24.0. The van der Waals surface area contributed by atoms with E-state index in [1.807, 2.05) is 6.92 Å². The van der Waals surface area contributed by atoms with Crippen LogP contribution < -0.4 is 14.4 Å². The fourth-order valence-corrected chi connectivity index (χ4v) is 5.45. The molecule has 3 rings (SSSR count). The Kier molecular flexibility index (Phi) is 7.72. The highest BCUT2D eigenvalue weighted by atomic mass is 32.2. The van der Waals surface area contributed by atoms with Crippen LogP contribution in [0.15, 0.2) is 64.9 Å². The standard InChI is InChI=1S/C23H24N2O6S2/c1-4-30-19-12-10-18(11-13-19)25(3)33(28,29)20-14-15-32-21(20)22(26)24-17-8-6-16(7-9-17)23(27)31-5-2/h6-15H,4-5H2,1-3H3,(H,24,26). The predicted octanol–water partition coefficient (Wildman–Crippen LogP) is 4.40. The molecule has 0 radical (unpaired) electrons. The Morgan fingerprint density at radius 1 is 0.970 bits per heavy atom. The number of anilines is 2. The van der Waals surface area contributed by atoms with E-state index in [4.69, 9.17) is 9.47 Å². The van der Waals surface area contributed by atoms with E-state index in [2.05, 4.69) is 5.32 Å². The van der Waals surface area contributed by atoms with Gasteiger partial charge in [0, 0.05) is 12.7 Å². The van der Waals surface area contributed by atoms with Crippen molar-refractivity contribution in [2.24, 2.45) is 0 Å². The second-order valence-corrected chi connectivity index (χ2v) is 9.62. The monoisotopic (exact) mass is 488 g/mol. The minimum absolute atomic E-state index is 0.0576. The number of hydrogen-bond acceptors (Lipinski definition) is 7. The van der Waals surface area contributed by atoms with Crippen LogP contribution in [0, 0.1) is 0 Å². The van der Waals surface area contributed by atoms with Crippen molar-refractivity contribution in [1.82, 2.24) is 0 Å². The summed E-state index contributed by atoms with van der Waals surface area (Å²) in [6.45, 7) is 4.35. The molecular formula is C23H24N2O6S2. The Morgan fingerprint density at radius 3 is 2.24 bits per heavy atom. The number of hydrogen-bond donors (Lipinski definition) is 1. The Bertz CT molecular complexity index is 1220. The van der Waals surface area contributed by atoms with Gasteiger partial charge in [-0.3, -0.25) is 9.10 Å². The van der Waals surface area contributed by atoms with Crippen molar-refractivity contribution in [3.63, 3.8) is 0 Å². The van der Waals surface area contributed by atoms with Gasteiger partial charge in [0.25, 0.3) is 15.9 Å². The molecule has 0 aliphatic rings. The van der Waals surface area contributed by atoms with Crippen LogP contribution in [0.25, 0.3) is 0 Å². The van der Waals surface area contributed by atoms with Crippen molar-refractivity contribution in [2.45, 2.75) is 18.7 Å². The number of carbonyl (C=O) groups is 2. The van der Waals surface area contributed by atoms with Gasteiger partial charge in [-0.1, -0.05) is 0 Å². The van der Waals surface area contributed by atoms with Gasteiger partial charge >= 0.3 is 5.97 Å². The molecule has 1 heterocycles. The maximum atomic E-state index is 13.2. The summed E-state index contributed by atoms with van der Waals surface area (Å²) >= 11 is 1.03. The summed E-state index contributed by atoms with van der Waals surface area (Å²) in [5.41, 5.74) is 1.21. The number of esters is 1. The van der Waals surface area contributed by atoms with Crippen LogP contribution in [0.2, 0.25) is 0 Å². The van der Waals surface area contributed by atoms with E-state index in [0.29, 0.717) is 29.3 Å². The van der Waals surface area contributed by atoms with Crippen LogP contribution >= 0.6 is 11.3 Å². The number of carbonyl (C=O) groups excluding carboxylic acids is 2. The van der Waals surface area contributed by atoms with Gasteiger partial charge in [-0.05, 0) is 73.8 Å². The van der Waals surface area contributed by atoms with Gasteiger partial charge in [-0.25, -0.2) is 13.2 Å². The molecule has 0 saturated carbocycles. The molecule has 174 valence electrons. The average Bonchev–Trinajstić information content (AvgIpc) is 3.31. The Balaban J connectivity index is 1.79. The molecule has 2 aromatic carbocycles. The van der Waals surface area contributed by atoms with E-state index in [9.17, 15) is 18.0 Å². The lowest BCUT2D eigenvalue weighted by atomic mass is 10.2. The summed E-state index contributed by atoms with van der Waals surface area (Å²) in [6.07, 6.45) is 0. The van der Waals surface area contributed by atoms with Gasteiger partial charge in [0.05, 0.1) is 24.5 Å². The predicted molar refractivity (Wildman–Crippen MR) is 128 cm³/mol. The Labute approximate surface area is 196 Å². The molecule has 3 aromatic rings. The van der Waals surface area contributed by atoms with Crippen LogP contribution in [-0.4, -0.2) is 40.6 Å². The van der Waals surface area contributed by atoms with Crippen molar-refractivity contribution in [3.8, 4) is 5.75 Å². The number of sulfonamides is 1. The van der Waals surface area contributed by atoms with Gasteiger partial charge in [0.15, 0.2) is 0 Å². The fraction of sp³-hybridized carbons (Fsp3) is 0.217. The van der Waals surface area contributed by atoms with Gasteiger partial charge in [0.2, 0.25) is 0 Å². The first kappa shape index (κ1) is 24.3. The lowest BCUT2D eigenvalue weighted by Crippen LogP contribution is -2.28. The first-order chi connectivity index (χ1) is 15.8. The van der Waals surface area contributed by atoms with Gasteiger partial charge in [0.1, 0.15) is 15.5 Å². The topological polar surface area (TPSA) is 102 Å². The first-order valence-electron chi connectivity index (χ1n) is 10.2. The minimum atomic E-state index is -3.99. The third-order valence-corrected chi connectivity index (χ3v) is 7.51. The zero-order valence-corrected chi connectivity index (χ0v) is 20.0. The molecule has 0 aliphatic heterocycles. The minimum Gasteiger partial charge on any atom is -0.494 e. The zero-order valence-electron chi connectivity index (χ0n) is 18.4. The van der Waals surface area contributed by atoms with Crippen molar-refractivity contribution in [2.75, 3.05) is 29.9 Å². The maximum Gasteiger partial charge on any atom is 0.338 e. The largest absolute Gasteiger partial charge is 0.494 e. The molecule has 1 amide bonds. The molecule has 8 nitrogen and oxygen atoms in total. The first-order valence-corrected chi connectivity index (χ1v) is 12.5. The van der Waals surface area contributed by atoms with Crippen molar-refractivity contribution < 1.29 is 27.5 Å². The number of ether oxygens (including phenoxy) is 2. The molecule has 0 spiro atoms. The van der Waals surface area contributed by atoms with Crippen LogP contribution in [0.3, 0.4) is 0 Å². The second kappa shape index (κ2) is 10.5. The lowest BCUT2D eigenvalue weighted by Gasteiger charge is -2.20. The van der Waals surface area contributed by atoms with Crippen LogP contribution in [0.1, 0.15) is 33.9 Å². The van der Waals surface area contributed by atoms with Crippen molar-refractivity contribution in [3.05, 3.63) is 70.4 Å². The van der Waals surface area contributed by atoms with Gasteiger partial charge < -0.3 is 14.8 Å². The Hall–Kier alpha value is -3.37. The summed E-state index contributed by atoms with van der Waals surface area (Å²) in [4.78, 5) is 24.6. The quantitative estimate of drug-likeness (QED) is 0.448. The summed E-state index contributed by atoms with van der Waals surface area (Å²) in [5.74, 6) is -0.386. The number of nitrogens with zero attached hydrogens (tertiary/aromatic N) is 1. The summed E-state index contributed by atoms with van der Waals surface area (Å²) in [7, 11) is -2.56. The third-order valence-electron chi connectivity index (χ3n) is 4.64. The maximum absolute atomic E-state index is 13.2. The van der Waals surface area contributed by atoms with Crippen LogP contribution in [0.5, 0.6) is 5.75 Å².